The second-order valence-corrected chi connectivity index (χ2v) is 4.93. The first-order chi connectivity index (χ1) is 9.70. The number of halogens is 1. The van der Waals surface area contributed by atoms with Gasteiger partial charge in [0.15, 0.2) is 10.4 Å². The minimum absolute atomic E-state index is 0.182. The average Bonchev–Trinajstić information content (AvgIpc) is 2.90. The molecule has 1 amide bonds. The summed E-state index contributed by atoms with van der Waals surface area (Å²) in [6.45, 7) is 1.35. The molecule has 0 aliphatic carbocycles. The number of nitrogens with zero attached hydrogens (tertiary/aromatic N) is 2. The van der Waals surface area contributed by atoms with Crippen molar-refractivity contribution in [2.75, 3.05) is 20.3 Å². The van der Waals surface area contributed by atoms with Crippen molar-refractivity contribution in [1.29, 1.82) is 0 Å². The number of amides is 1. The van der Waals surface area contributed by atoms with Gasteiger partial charge < -0.3 is 14.1 Å². The van der Waals surface area contributed by atoms with E-state index in [9.17, 15) is 4.79 Å². The van der Waals surface area contributed by atoms with Crippen LogP contribution in [0.1, 0.15) is 16.2 Å². The highest BCUT2D eigenvalue weighted by Crippen LogP contribution is 2.16. The number of rotatable bonds is 6. The predicted octanol–water partition coefficient (Wildman–Crippen LogP) is 2.73. The zero-order valence-electron chi connectivity index (χ0n) is 11.1. The fourth-order valence-corrected chi connectivity index (χ4v) is 2.03. The molecule has 0 aliphatic rings. The Morgan fingerprint density at radius 1 is 1.40 bits per heavy atom. The van der Waals surface area contributed by atoms with Crippen molar-refractivity contribution in [2.45, 2.75) is 6.54 Å². The number of methoxy groups -OCH3 is 1. The number of furan rings is 1. The van der Waals surface area contributed by atoms with Crippen LogP contribution in [-0.4, -0.2) is 36.1 Å². The summed E-state index contributed by atoms with van der Waals surface area (Å²) in [5.74, 6) is 0.113. The lowest BCUT2D eigenvalue weighted by Gasteiger charge is -2.20. The Labute approximate surface area is 125 Å². The van der Waals surface area contributed by atoms with E-state index in [2.05, 4.69) is 20.9 Å². The van der Waals surface area contributed by atoms with Crippen molar-refractivity contribution < 1.29 is 13.9 Å². The lowest BCUT2D eigenvalue weighted by molar-refractivity contribution is 0.0645. The molecule has 5 nitrogen and oxygen atoms in total. The molecule has 2 aromatic heterocycles. The number of pyridine rings is 1. The van der Waals surface area contributed by atoms with Crippen LogP contribution in [0, 0.1) is 0 Å². The van der Waals surface area contributed by atoms with Crippen molar-refractivity contribution in [2.24, 2.45) is 0 Å². The normalized spacial score (nSPS) is 10.5. The molecule has 0 unspecified atom stereocenters. The molecule has 0 spiro atoms. The lowest BCUT2D eigenvalue weighted by Crippen LogP contribution is -2.33. The zero-order valence-corrected chi connectivity index (χ0v) is 12.7. The van der Waals surface area contributed by atoms with Gasteiger partial charge in [-0.2, -0.15) is 0 Å². The van der Waals surface area contributed by atoms with Crippen LogP contribution in [0.15, 0.2) is 45.6 Å². The highest BCUT2D eigenvalue weighted by molar-refractivity contribution is 9.10. The summed E-state index contributed by atoms with van der Waals surface area (Å²) in [4.78, 5) is 18.3. The fourth-order valence-electron chi connectivity index (χ4n) is 1.73. The van der Waals surface area contributed by atoms with Gasteiger partial charge in [0, 0.05) is 19.9 Å². The standard InChI is InChI=1S/C14H15BrN2O3/c1-19-9-8-17(10-11-4-2-3-7-16-11)14(18)12-5-6-13(15)20-12/h2-7H,8-10H2,1H3. The minimum Gasteiger partial charge on any atom is -0.444 e. The molecule has 2 aromatic rings. The third-order valence-electron chi connectivity index (χ3n) is 2.72. The third-order valence-corrected chi connectivity index (χ3v) is 3.14. The first kappa shape index (κ1) is 14.7. The summed E-state index contributed by atoms with van der Waals surface area (Å²) in [5, 5.41) is 0. The van der Waals surface area contributed by atoms with E-state index < -0.39 is 0 Å². The van der Waals surface area contributed by atoms with Crippen LogP contribution in [0.5, 0.6) is 0 Å². The number of carbonyl (C=O) groups excluding carboxylic acids is 1. The van der Waals surface area contributed by atoms with Gasteiger partial charge in [0.2, 0.25) is 0 Å². The minimum atomic E-state index is -0.182. The second-order valence-electron chi connectivity index (χ2n) is 4.14. The summed E-state index contributed by atoms with van der Waals surface area (Å²) < 4.78 is 10.9. The first-order valence-corrected chi connectivity index (χ1v) is 6.93. The van der Waals surface area contributed by atoms with E-state index in [1.807, 2.05) is 18.2 Å². The van der Waals surface area contributed by atoms with Crippen molar-refractivity contribution in [3.8, 4) is 0 Å². The van der Waals surface area contributed by atoms with Crippen LogP contribution in [-0.2, 0) is 11.3 Å². The second kappa shape index (κ2) is 7.21. The van der Waals surface area contributed by atoms with E-state index in [1.54, 1.807) is 30.3 Å². The fraction of sp³-hybridized carbons (Fsp3) is 0.286. The summed E-state index contributed by atoms with van der Waals surface area (Å²) in [6.07, 6.45) is 1.71. The molecule has 6 heteroatoms. The Morgan fingerprint density at radius 2 is 2.25 bits per heavy atom. The van der Waals surface area contributed by atoms with Gasteiger partial charge in [0.1, 0.15) is 0 Å². The molecule has 106 valence electrons. The number of carbonyl (C=O) groups is 1. The Morgan fingerprint density at radius 3 is 2.85 bits per heavy atom. The molecule has 0 atom stereocenters. The van der Waals surface area contributed by atoms with Crippen LogP contribution in [0.4, 0.5) is 0 Å². The molecule has 20 heavy (non-hydrogen) atoms. The number of aromatic nitrogens is 1. The van der Waals surface area contributed by atoms with E-state index in [-0.39, 0.29) is 5.91 Å². The van der Waals surface area contributed by atoms with Crippen molar-refractivity contribution in [1.82, 2.24) is 9.88 Å². The molecule has 0 saturated carbocycles. The Balaban J connectivity index is 2.12. The number of hydrogen-bond donors (Lipinski definition) is 0. The van der Waals surface area contributed by atoms with Crippen molar-refractivity contribution >= 4 is 21.8 Å². The van der Waals surface area contributed by atoms with Gasteiger partial charge in [-0.05, 0) is 40.2 Å². The predicted molar refractivity (Wildman–Crippen MR) is 77.3 cm³/mol. The quantitative estimate of drug-likeness (QED) is 0.812. The Hall–Kier alpha value is -1.66. The summed E-state index contributed by atoms with van der Waals surface area (Å²) in [7, 11) is 1.60. The Kier molecular flexibility index (Phi) is 5.31. The van der Waals surface area contributed by atoms with Crippen LogP contribution in [0.3, 0.4) is 0 Å². The molecule has 2 heterocycles. The molecule has 0 fully saturated rings. The highest BCUT2D eigenvalue weighted by atomic mass is 79.9. The molecule has 0 aromatic carbocycles. The molecule has 0 aliphatic heterocycles. The SMILES string of the molecule is COCCN(Cc1ccccn1)C(=O)c1ccc(Br)o1. The highest BCUT2D eigenvalue weighted by Gasteiger charge is 2.19. The van der Waals surface area contributed by atoms with Gasteiger partial charge >= 0.3 is 0 Å². The molecular formula is C14H15BrN2O3. The van der Waals surface area contributed by atoms with Crippen LogP contribution in [0.25, 0.3) is 0 Å². The smallest absolute Gasteiger partial charge is 0.290 e. The van der Waals surface area contributed by atoms with E-state index in [0.29, 0.717) is 30.1 Å². The molecule has 0 radical (unpaired) electrons. The molecule has 0 N–H and O–H groups in total. The van der Waals surface area contributed by atoms with Gasteiger partial charge in [-0.25, -0.2) is 0 Å². The van der Waals surface area contributed by atoms with Gasteiger partial charge in [0.05, 0.1) is 18.8 Å². The number of ether oxygens (including phenoxy) is 1. The largest absolute Gasteiger partial charge is 0.444 e. The van der Waals surface area contributed by atoms with Crippen LogP contribution < -0.4 is 0 Å². The summed E-state index contributed by atoms with van der Waals surface area (Å²) in [5.41, 5.74) is 0.822. The maximum absolute atomic E-state index is 12.4. The Bertz CT molecular complexity index is 557. The molecule has 0 saturated heterocycles. The number of hydrogen-bond acceptors (Lipinski definition) is 4. The van der Waals surface area contributed by atoms with E-state index >= 15 is 0 Å². The van der Waals surface area contributed by atoms with Gasteiger partial charge in [-0.1, -0.05) is 6.07 Å². The van der Waals surface area contributed by atoms with Crippen molar-refractivity contribution in [3.05, 3.63) is 52.7 Å². The molecule has 0 bridgehead atoms. The van der Waals surface area contributed by atoms with Gasteiger partial charge in [0.25, 0.3) is 5.91 Å². The van der Waals surface area contributed by atoms with E-state index in [1.165, 1.54) is 0 Å². The average molecular weight is 339 g/mol. The maximum Gasteiger partial charge on any atom is 0.290 e. The molecule has 2 rings (SSSR count). The lowest BCUT2D eigenvalue weighted by atomic mass is 10.3. The first-order valence-electron chi connectivity index (χ1n) is 6.14. The van der Waals surface area contributed by atoms with Crippen LogP contribution in [0.2, 0.25) is 0 Å². The third kappa shape index (κ3) is 3.91. The topological polar surface area (TPSA) is 55.6 Å². The van der Waals surface area contributed by atoms with Gasteiger partial charge in [-0.3, -0.25) is 9.78 Å². The molecular weight excluding hydrogens is 324 g/mol. The van der Waals surface area contributed by atoms with Gasteiger partial charge in [-0.15, -0.1) is 0 Å². The summed E-state index contributed by atoms with van der Waals surface area (Å²) in [6, 6.07) is 8.96. The summed E-state index contributed by atoms with van der Waals surface area (Å²) >= 11 is 3.19. The zero-order chi connectivity index (χ0) is 14.4. The van der Waals surface area contributed by atoms with E-state index in [0.717, 1.165) is 5.69 Å². The monoisotopic (exact) mass is 338 g/mol. The van der Waals surface area contributed by atoms with E-state index in [4.69, 9.17) is 9.15 Å². The van der Waals surface area contributed by atoms with Crippen LogP contribution >= 0.6 is 15.9 Å². The van der Waals surface area contributed by atoms with Crippen molar-refractivity contribution in [3.63, 3.8) is 0 Å². The maximum atomic E-state index is 12.4.